The topological polar surface area (TPSA) is 67.6 Å². The highest BCUT2D eigenvalue weighted by molar-refractivity contribution is 7.09. The van der Waals surface area contributed by atoms with Gasteiger partial charge in [-0.15, -0.1) is 11.3 Å². The third kappa shape index (κ3) is 3.36. The molecule has 6 nitrogen and oxygen atoms in total. The molecule has 2 aromatic heterocycles. The molecule has 4 rings (SSSR count). The Labute approximate surface area is 151 Å². The first-order valence-corrected chi connectivity index (χ1v) is 9.61. The lowest BCUT2D eigenvalue weighted by Crippen LogP contribution is -2.64. The monoisotopic (exact) mass is 361 g/mol. The van der Waals surface area contributed by atoms with Crippen molar-refractivity contribution in [3.63, 3.8) is 0 Å². The molecule has 1 amide bonds. The first kappa shape index (κ1) is 16.8. The molecule has 1 N–H and O–H groups in total. The highest BCUT2D eigenvalue weighted by Gasteiger charge is 2.52. The number of nitrogens with zero attached hydrogens (tertiary/aromatic N) is 2. The van der Waals surface area contributed by atoms with Gasteiger partial charge in [0.05, 0.1) is 23.1 Å². The van der Waals surface area contributed by atoms with Crippen molar-refractivity contribution in [2.24, 2.45) is 5.92 Å². The van der Waals surface area contributed by atoms with Crippen LogP contribution in [0.25, 0.3) is 0 Å². The summed E-state index contributed by atoms with van der Waals surface area (Å²) in [5, 5.41) is 2.94. The van der Waals surface area contributed by atoms with Gasteiger partial charge in [-0.3, -0.25) is 9.69 Å². The van der Waals surface area contributed by atoms with Gasteiger partial charge in [0.2, 0.25) is 0 Å². The summed E-state index contributed by atoms with van der Waals surface area (Å²) in [5.41, 5.74) is 3.03. The van der Waals surface area contributed by atoms with E-state index in [9.17, 15) is 4.79 Å². The molecule has 2 aliphatic rings. The van der Waals surface area contributed by atoms with Crippen LogP contribution in [0, 0.1) is 12.8 Å². The third-order valence-corrected chi connectivity index (χ3v) is 6.24. The summed E-state index contributed by atoms with van der Waals surface area (Å²) in [6.07, 6.45) is 3.53. The number of hydrogen-bond donors (Lipinski definition) is 1. The molecule has 2 aromatic rings. The molecule has 2 fully saturated rings. The molecule has 0 unspecified atom stereocenters. The fraction of sp³-hybridized carbons (Fsp3) is 0.556. The maximum atomic E-state index is 11.9. The fourth-order valence-electron chi connectivity index (χ4n) is 3.90. The van der Waals surface area contributed by atoms with Gasteiger partial charge in [-0.25, -0.2) is 4.98 Å². The second-order valence-electron chi connectivity index (χ2n) is 6.93. The largest absolute Gasteiger partial charge is 0.459 e. The lowest BCUT2D eigenvalue weighted by Gasteiger charge is -2.50. The number of thiazole rings is 1. The number of rotatable bonds is 6. The number of likely N-dealkylation sites (tertiary alicyclic amines) is 1. The van der Waals surface area contributed by atoms with E-state index < -0.39 is 0 Å². The van der Waals surface area contributed by atoms with E-state index in [1.807, 2.05) is 5.51 Å². The number of ether oxygens (including phenoxy) is 1. The average molecular weight is 361 g/mol. The number of amides is 1. The van der Waals surface area contributed by atoms with Crippen molar-refractivity contribution in [3.8, 4) is 0 Å². The van der Waals surface area contributed by atoms with Crippen molar-refractivity contribution in [1.82, 2.24) is 15.2 Å². The molecule has 0 aliphatic carbocycles. The zero-order valence-corrected chi connectivity index (χ0v) is 15.2. The summed E-state index contributed by atoms with van der Waals surface area (Å²) in [6.45, 7) is 6.46. The van der Waals surface area contributed by atoms with Gasteiger partial charge < -0.3 is 14.5 Å². The smallest absolute Gasteiger partial charge is 0.286 e. The summed E-state index contributed by atoms with van der Waals surface area (Å²) >= 11 is 1.72. The normalized spacial score (nSPS) is 22.2. The third-order valence-electron chi connectivity index (χ3n) is 5.32. The van der Waals surface area contributed by atoms with E-state index in [2.05, 4.69) is 22.1 Å². The zero-order chi connectivity index (χ0) is 17.3. The van der Waals surface area contributed by atoms with Crippen LogP contribution in [0.15, 0.2) is 28.3 Å². The van der Waals surface area contributed by atoms with Crippen molar-refractivity contribution < 1.29 is 13.9 Å². The molecular weight excluding hydrogens is 338 g/mol. The van der Waals surface area contributed by atoms with E-state index >= 15 is 0 Å². The summed E-state index contributed by atoms with van der Waals surface area (Å²) in [5.74, 6) is 0.726. The van der Waals surface area contributed by atoms with Crippen LogP contribution in [0.4, 0.5) is 0 Å². The summed E-state index contributed by atoms with van der Waals surface area (Å²) in [7, 11) is 0. The van der Waals surface area contributed by atoms with Crippen LogP contribution in [0.2, 0.25) is 0 Å². The van der Waals surface area contributed by atoms with Gasteiger partial charge in [0, 0.05) is 37.7 Å². The average Bonchev–Trinajstić information content (AvgIpc) is 3.29. The lowest BCUT2D eigenvalue weighted by atomic mass is 9.79. The first-order chi connectivity index (χ1) is 12.2. The minimum Gasteiger partial charge on any atom is -0.459 e. The van der Waals surface area contributed by atoms with Gasteiger partial charge in [0.15, 0.2) is 5.76 Å². The predicted molar refractivity (Wildman–Crippen MR) is 94.6 cm³/mol. The van der Waals surface area contributed by atoms with Crippen molar-refractivity contribution >= 4 is 17.2 Å². The fourth-order valence-corrected chi connectivity index (χ4v) is 4.72. The standard InChI is InChI=1S/C18H23N3O3S/c1-13-16(25-12-20-13)9-21-10-18(11-21)14(5-8-24-18)4-6-19-17(22)15-3-2-7-23-15/h2-3,7,12,14H,4-6,8-11H2,1H3,(H,19,22)/t14-/m0/s1. The van der Waals surface area contributed by atoms with E-state index in [0.717, 1.165) is 44.8 Å². The predicted octanol–water partition coefficient (Wildman–Crippen LogP) is 2.46. The summed E-state index contributed by atoms with van der Waals surface area (Å²) < 4.78 is 11.2. The Morgan fingerprint density at radius 2 is 2.40 bits per heavy atom. The number of furan rings is 1. The van der Waals surface area contributed by atoms with E-state index in [0.29, 0.717) is 18.2 Å². The number of aromatic nitrogens is 1. The Morgan fingerprint density at radius 3 is 3.12 bits per heavy atom. The number of aryl methyl sites for hydroxylation is 1. The van der Waals surface area contributed by atoms with Crippen molar-refractivity contribution in [3.05, 3.63) is 40.2 Å². The molecule has 7 heteroatoms. The first-order valence-electron chi connectivity index (χ1n) is 8.73. The Bertz CT molecular complexity index is 722. The van der Waals surface area contributed by atoms with Crippen LogP contribution < -0.4 is 5.32 Å². The van der Waals surface area contributed by atoms with Crippen molar-refractivity contribution in [1.29, 1.82) is 0 Å². The second-order valence-corrected chi connectivity index (χ2v) is 7.87. The Balaban J connectivity index is 1.26. The second kappa shape index (κ2) is 6.90. The molecule has 0 saturated carbocycles. The van der Waals surface area contributed by atoms with E-state index in [1.165, 1.54) is 11.1 Å². The highest BCUT2D eigenvalue weighted by Crippen LogP contribution is 2.42. The Hall–Kier alpha value is -1.70. The van der Waals surface area contributed by atoms with Crippen LogP contribution in [-0.4, -0.2) is 47.6 Å². The molecule has 134 valence electrons. The number of hydrogen-bond acceptors (Lipinski definition) is 6. The molecule has 2 aliphatic heterocycles. The van der Waals surface area contributed by atoms with Crippen molar-refractivity contribution in [2.45, 2.75) is 31.9 Å². The van der Waals surface area contributed by atoms with Crippen LogP contribution in [-0.2, 0) is 11.3 Å². The molecule has 4 heterocycles. The number of carbonyl (C=O) groups is 1. The lowest BCUT2D eigenvalue weighted by molar-refractivity contribution is -0.136. The van der Waals surface area contributed by atoms with Crippen LogP contribution in [0.1, 0.15) is 34.0 Å². The quantitative estimate of drug-likeness (QED) is 0.856. The molecule has 2 saturated heterocycles. The number of carbonyl (C=O) groups excluding carboxylic acids is 1. The van der Waals surface area contributed by atoms with Gasteiger partial charge in [-0.2, -0.15) is 0 Å². The molecule has 25 heavy (non-hydrogen) atoms. The number of nitrogens with one attached hydrogen (secondary N) is 1. The molecule has 0 aromatic carbocycles. The Morgan fingerprint density at radius 1 is 1.52 bits per heavy atom. The Kier molecular flexibility index (Phi) is 4.62. The van der Waals surface area contributed by atoms with Gasteiger partial charge in [-0.05, 0) is 37.8 Å². The van der Waals surface area contributed by atoms with Crippen molar-refractivity contribution in [2.75, 3.05) is 26.2 Å². The van der Waals surface area contributed by atoms with E-state index in [1.54, 1.807) is 23.5 Å². The maximum Gasteiger partial charge on any atom is 0.286 e. The molecule has 0 radical (unpaired) electrons. The van der Waals surface area contributed by atoms with Crippen LogP contribution >= 0.6 is 11.3 Å². The molecule has 0 bridgehead atoms. The molecule has 1 spiro atoms. The van der Waals surface area contributed by atoms with Gasteiger partial charge in [0.1, 0.15) is 0 Å². The molecule has 1 atom stereocenters. The van der Waals surface area contributed by atoms with E-state index in [4.69, 9.17) is 9.15 Å². The summed E-state index contributed by atoms with van der Waals surface area (Å²) in [4.78, 5) is 20.0. The SMILES string of the molecule is Cc1ncsc1CN1CC2(C1)OCC[C@@H]2CCNC(=O)c1ccco1. The zero-order valence-electron chi connectivity index (χ0n) is 14.4. The summed E-state index contributed by atoms with van der Waals surface area (Å²) in [6, 6.07) is 3.41. The van der Waals surface area contributed by atoms with Crippen LogP contribution in [0.3, 0.4) is 0 Å². The highest BCUT2D eigenvalue weighted by atomic mass is 32.1. The van der Waals surface area contributed by atoms with E-state index in [-0.39, 0.29) is 11.5 Å². The maximum absolute atomic E-state index is 11.9. The minimum atomic E-state index is -0.145. The van der Waals surface area contributed by atoms with Crippen LogP contribution in [0.5, 0.6) is 0 Å². The van der Waals surface area contributed by atoms with Gasteiger partial charge in [0.25, 0.3) is 5.91 Å². The van der Waals surface area contributed by atoms with Gasteiger partial charge >= 0.3 is 0 Å². The van der Waals surface area contributed by atoms with Gasteiger partial charge in [-0.1, -0.05) is 0 Å². The molecular formula is C18H23N3O3S. The minimum absolute atomic E-state index is 0.0198.